The molecule has 1 unspecified atom stereocenters. The number of rotatable bonds is 4. The zero-order valence-corrected chi connectivity index (χ0v) is 13.5. The van der Waals surface area contributed by atoms with Crippen LogP contribution < -0.4 is 5.32 Å². The molecule has 1 aliphatic rings. The molecule has 0 aliphatic carbocycles. The van der Waals surface area contributed by atoms with Crippen LogP contribution in [0.25, 0.3) is 0 Å². The first-order valence-electron chi connectivity index (χ1n) is 7.07. The van der Waals surface area contributed by atoms with Gasteiger partial charge in [-0.15, -0.1) is 11.8 Å². The van der Waals surface area contributed by atoms with E-state index < -0.39 is 5.60 Å². The summed E-state index contributed by atoms with van der Waals surface area (Å²) in [5, 5.41) is 2.85. The number of carbonyl (C=O) groups is 2. The first-order valence-corrected chi connectivity index (χ1v) is 8.12. The molecule has 2 rings (SSSR count). The summed E-state index contributed by atoms with van der Waals surface area (Å²) in [6.45, 7) is 6.31. The Kier molecular flexibility index (Phi) is 4.93. The van der Waals surface area contributed by atoms with E-state index in [1.54, 1.807) is 17.8 Å². The Bertz CT molecular complexity index is 537. The van der Waals surface area contributed by atoms with Gasteiger partial charge >= 0.3 is 5.97 Å². The van der Waals surface area contributed by atoms with Gasteiger partial charge in [0.15, 0.2) is 0 Å². The van der Waals surface area contributed by atoms with E-state index in [0.717, 1.165) is 18.5 Å². The van der Waals surface area contributed by atoms with E-state index in [2.05, 4.69) is 5.32 Å². The number of benzene rings is 1. The Morgan fingerprint density at radius 1 is 1.43 bits per heavy atom. The van der Waals surface area contributed by atoms with Gasteiger partial charge in [-0.05, 0) is 44.9 Å². The summed E-state index contributed by atoms with van der Waals surface area (Å²) in [5.41, 5.74) is 1.09. The van der Waals surface area contributed by atoms with Crippen LogP contribution in [0.4, 0.5) is 0 Å². The Labute approximate surface area is 129 Å². The second-order valence-electron chi connectivity index (χ2n) is 6.08. The highest BCUT2D eigenvalue weighted by Crippen LogP contribution is 2.24. The van der Waals surface area contributed by atoms with E-state index >= 15 is 0 Å². The molecule has 0 bridgehead atoms. The summed E-state index contributed by atoms with van der Waals surface area (Å²) < 4.78 is 5.36. The number of hydrogen-bond donors (Lipinski definition) is 1. The van der Waals surface area contributed by atoms with Crippen LogP contribution in [-0.2, 0) is 15.3 Å². The second-order valence-corrected chi connectivity index (χ2v) is 7.27. The molecule has 1 heterocycles. The third-order valence-electron chi connectivity index (χ3n) is 3.01. The van der Waals surface area contributed by atoms with Crippen molar-refractivity contribution in [2.75, 3.05) is 6.54 Å². The molecule has 1 aromatic rings. The lowest BCUT2D eigenvalue weighted by atomic mass is 10.1. The standard InChI is InChI=1S/C16H21NO3S/c1-16(2,3)20-15(19)12-6-4-5-11(9-12)10-21-13-7-8-17-14(13)18/h4-6,9,13H,7-8,10H2,1-3H3,(H,17,18). The van der Waals surface area contributed by atoms with Crippen LogP contribution in [-0.4, -0.2) is 29.3 Å². The van der Waals surface area contributed by atoms with Gasteiger partial charge in [-0.3, -0.25) is 4.79 Å². The summed E-state index contributed by atoms with van der Waals surface area (Å²) in [7, 11) is 0. The molecule has 5 heteroatoms. The summed E-state index contributed by atoms with van der Waals surface area (Å²) in [5.74, 6) is 0.519. The number of hydrogen-bond acceptors (Lipinski definition) is 4. The number of thioether (sulfide) groups is 1. The molecule has 1 atom stereocenters. The van der Waals surface area contributed by atoms with Crippen molar-refractivity contribution in [3.05, 3.63) is 35.4 Å². The fourth-order valence-electron chi connectivity index (χ4n) is 2.05. The summed E-state index contributed by atoms with van der Waals surface area (Å²) in [4.78, 5) is 23.6. The third kappa shape index (κ3) is 4.77. The Hall–Kier alpha value is -1.49. The van der Waals surface area contributed by atoms with Crippen molar-refractivity contribution in [2.45, 2.75) is 43.8 Å². The number of carbonyl (C=O) groups excluding carboxylic acids is 2. The molecule has 0 spiro atoms. The van der Waals surface area contributed by atoms with Crippen LogP contribution in [0.15, 0.2) is 24.3 Å². The van der Waals surface area contributed by atoms with Crippen molar-refractivity contribution < 1.29 is 14.3 Å². The SMILES string of the molecule is CC(C)(C)OC(=O)c1cccc(CSC2CCNC2=O)c1. The maximum Gasteiger partial charge on any atom is 0.338 e. The Balaban J connectivity index is 1.97. The first-order chi connectivity index (χ1) is 9.85. The predicted molar refractivity (Wildman–Crippen MR) is 84.3 cm³/mol. The van der Waals surface area contributed by atoms with Gasteiger partial charge in [0.25, 0.3) is 0 Å². The summed E-state index contributed by atoms with van der Waals surface area (Å²) >= 11 is 1.61. The maximum absolute atomic E-state index is 12.0. The highest BCUT2D eigenvalue weighted by Gasteiger charge is 2.24. The molecule has 0 radical (unpaired) electrons. The van der Waals surface area contributed by atoms with Crippen molar-refractivity contribution in [3.8, 4) is 0 Å². The van der Waals surface area contributed by atoms with Gasteiger partial charge in [-0.25, -0.2) is 4.79 Å². The number of esters is 1. The minimum absolute atomic E-state index is 0.0233. The van der Waals surface area contributed by atoms with Crippen LogP contribution in [0, 0.1) is 0 Å². The van der Waals surface area contributed by atoms with Gasteiger partial charge in [0.05, 0.1) is 10.8 Å². The molecule has 0 saturated carbocycles. The lowest BCUT2D eigenvalue weighted by Gasteiger charge is -2.19. The van der Waals surface area contributed by atoms with E-state index in [1.807, 2.05) is 39.0 Å². The summed E-state index contributed by atoms with van der Waals surface area (Å²) in [6, 6.07) is 7.41. The number of ether oxygens (including phenoxy) is 1. The Morgan fingerprint density at radius 3 is 2.81 bits per heavy atom. The van der Waals surface area contributed by atoms with E-state index in [9.17, 15) is 9.59 Å². The molecule has 4 nitrogen and oxygen atoms in total. The van der Waals surface area contributed by atoms with Crippen molar-refractivity contribution in [3.63, 3.8) is 0 Å². The monoisotopic (exact) mass is 307 g/mol. The highest BCUT2D eigenvalue weighted by atomic mass is 32.2. The molecule has 0 aromatic heterocycles. The molecule has 21 heavy (non-hydrogen) atoms. The number of amides is 1. The molecule has 1 fully saturated rings. The van der Waals surface area contributed by atoms with E-state index in [4.69, 9.17) is 4.74 Å². The van der Waals surface area contributed by atoms with Crippen LogP contribution in [0.3, 0.4) is 0 Å². The molecule has 1 saturated heterocycles. The topological polar surface area (TPSA) is 55.4 Å². The van der Waals surface area contributed by atoms with Crippen LogP contribution in [0.2, 0.25) is 0 Å². The van der Waals surface area contributed by atoms with Crippen molar-refractivity contribution in [1.29, 1.82) is 0 Å². The third-order valence-corrected chi connectivity index (χ3v) is 4.36. The second kappa shape index (κ2) is 6.52. The first kappa shape index (κ1) is 15.9. The van der Waals surface area contributed by atoms with Crippen LogP contribution >= 0.6 is 11.8 Å². The molecule has 1 amide bonds. The molecule has 1 aromatic carbocycles. The average Bonchev–Trinajstić information content (AvgIpc) is 2.80. The zero-order valence-electron chi connectivity index (χ0n) is 12.6. The molecule has 114 valence electrons. The lowest BCUT2D eigenvalue weighted by Crippen LogP contribution is -2.24. The normalized spacial score (nSPS) is 18.4. The van der Waals surface area contributed by atoms with Crippen molar-refractivity contribution >= 4 is 23.6 Å². The zero-order chi connectivity index (χ0) is 15.5. The molecular weight excluding hydrogens is 286 g/mol. The summed E-state index contributed by atoms with van der Waals surface area (Å²) in [6.07, 6.45) is 0.870. The Morgan fingerprint density at radius 2 is 2.19 bits per heavy atom. The lowest BCUT2D eigenvalue weighted by molar-refractivity contribution is -0.118. The smallest absolute Gasteiger partial charge is 0.338 e. The van der Waals surface area contributed by atoms with Gasteiger partial charge in [0, 0.05) is 12.3 Å². The van der Waals surface area contributed by atoms with Crippen LogP contribution in [0.5, 0.6) is 0 Å². The number of nitrogens with one attached hydrogen (secondary N) is 1. The van der Waals surface area contributed by atoms with Gasteiger partial charge < -0.3 is 10.1 Å². The minimum atomic E-state index is -0.496. The van der Waals surface area contributed by atoms with Crippen molar-refractivity contribution in [2.24, 2.45) is 0 Å². The quantitative estimate of drug-likeness (QED) is 0.869. The fourth-order valence-corrected chi connectivity index (χ4v) is 3.14. The highest BCUT2D eigenvalue weighted by molar-refractivity contribution is 7.99. The molecule has 1 N–H and O–H groups in total. The van der Waals surface area contributed by atoms with Gasteiger partial charge in [0.1, 0.15) is 5.60 Å². The minimum Gasteiger partial charge on any atom is -0.456 e. The van der Waals surface area contributed by atoms with Crippen molar-refractivity contribution in [1.82, 2.24) is 5.32 Å². The molecule has 1 aliphatic heterocycles. The molecular formula is C16H21NO3S. The fraction of sp³-hybridized carbons (Fsp3) is 0.500. The van der Waals surface area contributed by atoms with E-state index in [1.165, 1.54) is 0 Å². The van der Waals surface area contributed by atoms with Gasteiger partial charge in [-0.1, -0.05) is 12.1 Å². The maximum atomic E-state index is 12.0. The van der Waals surface area contributed by atoms with E-state index in [-0.39, 0.29) is 17.1 Å². The van der Waals surface area contributed by atoms with Gasteiger partial charge in [-0.2, -0.15) is 0 Å². The predicted octanol–water partition coefficient (Wildman–Crippen LogP) is 2.76. The van der Waals surface area contributed by atoms with E-state index in [0.29, 0.717) is 11.3 Å². The average molecular weight is 307 g/mol. The van der Waals surface area contributed by atoms with Crippen LogP contribution in [0.1, 0.15) is 43.1 Å². The van der Waals surface area contributed by atoms with Gasteiger partial charge in [0.2, 0.25) is 5.91 Å². The largest absolute Gasteiger partial charge is 0.456 e.